The van der Waals surface area contributed by atoms with Crippen molar-refractivity contribution in [1.82, 2.24) is 0 Å². The number of hydrogen-bond donors (Lipinski definition) is 0. The molecule has 7 rings (SSSR count). The van der Waals surface area contributed by atoms with Crippen LogP contribution in [0.25, 0.3) is 22.3 Å². The van der Waals surface area contributed by atoms with E-state index in [2.05, 4.69) is 97.1 Å². The van der Waals surface area contributed by atoms with Crippen LogP contribution in [0.5, 0.6) is 11.5 Å². The first-order valence-electron chi connectivity index (χ1n) is 11.1. The average Bonchev–Trinajstić information content (AvgIpc) is 3.16. The summed E-state index contributed by atoms with van der Waals surface area (Å²) >= 11 is 7.08. The lowest BCUT2D eigenvalue weighted by molar-refractivity contribution is 0.436. The summed E-state index contributed by atoms with van der Waals surface area (Å²) in [6, 6.07) is 40.3. The molecule has 0 fully saturated rings. The normalized spacial score (nSPS) is 14.1. The summed E-state index contributed by atoms with van der Waals surface area (Å²) in [5, 5.41) is 0.775. The number of ether oxygens (including phenoxy) is 1. The Labute approximate surface area is 197 Å². The Bertz CT molecular complexity index is 1510. The first-order valence-corrected chi connectivity index (χ1v) is 11.5. The van der Waals surface area contributed by atoms with Crippen molar-refractivity contribution >= 4 is 11.6 Å². The summed E-state index contributed by atoms with van der Waals surface area (Å²) in [4.78, 5) is 0. The Morgan fingerprint density at radius 3 is 1.79 bits per heavy atom. The molecule has 1 aliphatic heterocycles. The Kier molecular flexibility index (Phi) is 3.88. The number of para-hydroxylation sites is 2. The molecule has 1 aliphatic carbocycles. The van der Waals surface area contributed by atoms with Gasteiger partial charge in [-0.2, -0.15) is 0 Å². The van der Waals surface area contributed by atoms with Crippen molar-refractivity contribution in [2.75, 3.05) is 0 Å². The van der Waals surface area contributed by atoms with Crippen LogP contribution in [0.4, 0.5) is 0 Å². The van der Waals surface area contributed by atoms with Crippen LogP contribution in [0, 0.1) is 0 Å². The van der Waals surface area contributed by atoms with Crippen molar-refractivity contribution in [3.8, 4) is 33.8 Å². The minimum Gasteiger partial charge on any atom is -0.457 e. The number of fused-ring (bicyclic) bond motifs is 9. The van der Waals surface area contributed by atoms with Gasteiger partial charge in [0.25, 0.3) is 0 Å². The highest BCUT2D eigenvalue weighted by atomic mass is 35.5. The molecule has 0 radical (unpaired) electrons. The number of halogens is 1. The second kappa shape index (κ2) is 6.84. The van der Waals surface area contributed by atoms with E-state index in [4.69, 9.17) is 16.3 Å². The molecule has 156 valence electrons. The number of rotatable bonds is 1. The van der Waals surface area contributed by atoms with Gasteiger partial charge in [0.2, 0.25) is 0 Å². The lowest BCUT2D eigenvalue weighted by Gasteiger charge is -2.39. The summed E-state index contributed by atoms with van der Waals surface area (Å²) in [7, 11) is 0. The number of hydrogen-bond acceptors (Lipinski definition) is 1. The van der Waals surface area contributed by atoms with Crippen LogP contribution in [0.3, 0.4) is 0 Å². The molecule has 0 N–H and O–H groups in total. The SMILES string of the molecule is Clc1cc(-c2ccccc2)cc2c1-c1ccccc1C21c2ccccc2Oc2ccccc21. The van der Waals surface area contributed by atoms with Gasteiger partial charge in [-0.3, -0.25) is 0 Å². The van der Waals surface area contributed by atoms with Crippen molar-refractivity contribution in [2.24, 2.45) is 0 Å². The molecule has 0 saturated heterocycles. The van der Waals surface area contributed by atoms with E-state index in [9.17, 15) is 0 Å². The van der Waals surface area contributed by atoms with E-state index in [0.717, 1.165) is 44.3 Å². The van der Waals surface area contributed by atoms with E-state index >= 15 is 0 Å². The van der Waals surface area contributed by atoms with Crippen LogP contribution in [0.1, 0.15) is 22.3 Å². The third-order valence-electron chi connectivity index (χ3n) is 7.00. The summed E-state index contributed by atoms with van der Waals surface area (Å²) in [5.74, 6) is 1.78. The topological polar surface area (TPSA) is 9.23 Å². The van der Waals surface area contributed by atoms with Crippen molar-refractivity contribution in [1.29, 1.82) is 0 Å². The minimum atomic E-state index is -0.494. The molecule has 1 heterocycles. The smallest absolute Gasteiger partial charge is 0.132 e. The van der Waals surface area contributed by atoms with Crippen LogP contribution in [-0.2, 0) is 5.41 Å². The van der Waals surface area contributed by atoms with Gasteiger partial charge < -0.3 is 4.74 Å². The second-order valence-corrected chi connectivity index (χ2v) is 9.04. The van der Waals surface area contributed by atoms with Crippen molar-refractivity contribution < 1.29 is 4.74 Å². The fourth-order valence-corrected chi connectivity index (χ4v) is 6.04. The van der Waals surface area contributed by atoms with Gasteiger partial charge in [0.05, 0.1) is 5.41 Å². The molecule has 5 aromatic rings. The molecular formula is C31H19ClO. The molecule has 5 aromatic carbocycles. The van der Waals surface area contributed by atoms with Gasteiger partial charge in [0, 0.05) is 21.7 Å². The number of benzene rings is 5. The highest BCUT2D eigenvalue weighted by Gasteiger charge is 2.51. The van der Waals surface area contributed by atoms with E-state index in [0.29, 0.717) is 0 Å². The summed E-state index contributed by atoms with van der Waals surface area (Å²) in [5.41, 5.74) is 8.82. The fraction of sp³-hybridized carbons (Fsp3) is 0.0323. The molecular weight excluding hydrogens is 424 g/mol. The molecule has 0 aromatic heterocycles. The van der Waals surface area contributed by atoms with Crippen LogP contribution in [0.15, 0.2) is 115 Å². The summed E-state index contributed by atoms with van der Waals surface area (Å²) in [6.45, 7) is 0. The Balaban J connectivity index is 1.67. The lowest BCUT2D eigenvalue weighted by atomic mass is 9.66. The molecule has 0 saturated carbocycles. The molecule has 33 heavy (non-hydrogen) atoms. The van der Waals surface area contributed by atoms with Gasteiger partial charge in [0.15, 0.2) is 0 Å². The van der Waals surface area contributed by atoms with Crippen molar-refractivity contribution in [2.45, 2.75) is 5.41 Å². The predicted octanol–water partition coefficient (Wildman–Crippen LogP) is 8.48. The van der Waals surface area contributed by atoms with Gasteiger partial charge in [-0.05, 0) is 52.1 Å². The molecule has 2 heteroatoms. The van der Waals surface area contributed by atoms with E-state index < -0.39 is 5.41 Å². The Hall–Kier alpha value is -3.81. The second-order valence-electron chi connectivity index (χ2n) is 8.64. The van der Waals surface area contributed by atoms with Gasteiger partial charge in [0.1, 0.15) is 11.5 Å². The minimum absolute atomic E-state index is 0.494. The molecule has 0 unspecified atom stereocenters. The maximum Gasteiger partial charge on any atom is 0.132 e. The maximum atomic E-state index is 7.08. The summed E-state index contributed by atoms with van der Waals surface area (Å²) < 4.78 is 6.41. The van der Waals surface area contributed by atoms with Gasteiger partial charge >= 0.3 is 0 Å². The molecule has 0 bridgehead atoms. The van der Waals surface area contributed by atoms with E-state index in [1.54, 1.807) is 0 Å². The van der Waals surface area contributed by atoms with Gasteiger partial charge in [-0.1, -0.05) is 103 Å². The largest absolute Gasteiger partial charge is 0.457 e. The standard InChI is InChI=1S/C31H19ClO/c32-27-19-21(20-10-2-1-3-11-20)18-26-30(27)22-12-4-5-13-23(22)31(26)24-14-6-8-16-28(24)33-29-17-9-7-15-25(29)31/h1-19H. The third kappa shape index (κ3) is 2.43. The van der Waals surface area contributed by atoms with E-state index in [-0.39, 0.29) is 0 Å². The van der Waals surface area contributed by atoms with Crippen LogP contribution in [-0.4, -0.2) is 0 Å². The zero-order valence-corrected chi connectivity index (χ0v) is 18.5. The fourth-order valence-electron chi connectivity index (χ4n) is 5.72. The molecule has 1 nitrogen and oxygen atoms in total. The first kappa shape index (κ1) is 18.7. The zero-order chi connectivity index (χ0) is 22.0. The Morgan fingerprint density at radius 2 is 1.09 bits per heavy atom. The quantitative estimate of drug-likeness (QED) is 0.247. The van der Waals surface area contributed by atoms with Crippen LogP contribution < -0.4 is 4.74 Å². The summed E-state index contributed by atoms with van der Waals surface area (Å²) in [6.07, 6.45) is 0. The first-order chi connectivity index (χ1) is 16.3. The monoisotopic (exact) mass is 442 g/mol. The average molecular weight is 443 g/mol. The zero-order valence-electron chi connectivity index (χ0n) is 17.8. The maximum absolute atomic E-state index is 7.08. The van der Waals surface area contributed by atoms with E-state index in [1.165, 1.54) is 16.7 Å². The van der Waals surface area contributed by atoms with Crippen LogP contribution >= 0.6 is 11.6 Å². The molecule has 2 aliphatic rings. The Morgan fingerprint density at radius 1 is 0.515 bits per heavy atom. The lowest BCUT2D eigenvalue weighted by Crippen LogP contribution is -2.32. The molecule has 0 atom stereocenters. The van der Waals surface area contributed by atoms with Gasteiger partial charge in [-0.25, -0.2) is 0 Å². The highest BCUT2D eigenvalue weighted by molar-refractivity contribution is 6.34. The highest BCUT2D eigenvalue weighted by Crippen LogP contribution is 2.63. The molecule has 0 amide bonds. The van der Waals surface area contributed by atoms with Crippen molar-refractivity contribution in [3.05, 3.63) is 143 Å². The van der Waals surface area contributed by atoms with Crippen molar-refractivity contribution in [3.63, 3.8) is 0 Å². The predicted molar refractivity (Wildman–Crippen MR) is 134 cm³/mol. The molecule has 1 spiro atoms. The van der Waals surface area contributed by atoms with Crippen LogP contribution in [0.2, 0.25) is 5.02 Å². The van der Waals surface area contributed by atoms with Gasteiger partial charge in [-0.15, -0.1) is 0 Å². The third-order valence-corrected chi connectivity index (χ3v) is 7.30. The van der Waals surface area contributed by atoms with E-state index in [1.807, 2.05) is 18.2 Å².